The number of rotatable bonds is 5. The molecule has 1 aromatic rings. The van der Waals surface area contributed by atoms with Gasteiger partial charge in [0.25, 0.3) is 0 Å². The second kappa shape index (κ2) is 6.39. The van der Waals surface area contributed by atoms with Crippen LogP contribution in [0.25, 0.3) is 0 Å². The maximum atomic E-state index is 13.9. The van der Waals surface area contributed by atoms with Crippen LogP contribution >= 0.6 is 15.9 Å². The molecule has 96 valence electrons. The van der Waals surface area contributed by atoms with Gasteiger partial charge in [0.1, 0.15) is 11.6 Å². The molecule has 0 spiro atoms. The molecule has 0 radical (unpaired) electrons. The van der Waals surface area contributed by atoms with Crippen molar-refractivity contribution in [2.24, 2.45) is 0 Å². The molecule has 0 aromatic heterocycles. The van der Waals surface area contributed by atoms with E-state index in [1.165, 1.54) is 26.4 Å². The number of methoxy groups -OCH3 is 2. The molecule has 1 aromatic carbocycles. The van der Waals surface area contributed by atoms with Gasteiger partial charge in [0.05, 0.1) is 10.5 Å². The Balaban J connectivity index is 3.24. The van der Waals surface area contributed by atoms with E-state index in [4.69, 9.17) is 9.47 Å². The van der Waals surface area contributed by atoms with E-state index >= 15 is 0 Å². The van der Waals surface area contributed by atoms with Gasteiger partial charge >= 0.3 is 0 Å². The highest BCUT2D eigenvalue weighted by atomic mass is 79.9. The molecule has 6 heteroatoms. The molecule has 1 unspecified atom stereocenters. The molecule has 17 heavy (non-hydrogen) atoms. The zero-order valence-corrected chi connectivity index (χ0v) is 11.3. The Kier molecular flexibility index (Phi) is 5.45. The molecule has 0 saturated carbocycles. The predicted octanol–water partition coefficient (Wildman–Crippen LogP) is 2.61. The van der Waals surface area contributed by atoms with E-state index in [1.54, 1.807) is 7.05 Å². The Morgan fingerprint density at radius 3 is 2.29 bits per heavy atom. The SMILES string of the molecule is CNC(c1c(F)ccc(Br)c1F)C(OC)OC. The van der Waals surface area contributed by atoms with E-state index in [9.17, 15) is 8.78 Å². The van der Waals surface area contributed by atoms with Gasteiger partial charge in [0.15, 0.2) is 6.29 Å². The molecule has 0 aliphatic rings. The Morgan fingerprint density at radius 1 is 1.24 bits per heavy atom. The minimum atomic E-state index is -0.779. The van der Waals surface area contributed by atoms with E-state index in [1.807, 2.05) is 0 Å². The lowest BCUT2D eigenvalue weighted by atomic mass is 10.1. The van der Waals surface area contributed by atoms with Crippen LogP contribution < -0.4 is 5.32 Å². The first kappa shape index (κ1) is 14.5. The van der Waals surface area contributed by atoms with E-state index in [-0.39, 0.29) is 10.0 Å². The summed E-state index contributed by atoms with van der Waals surface area (Å²) >= 11 is 3.02. The third kappa shape index (κ3) is 3.01. The molecule has 1 rings (SSSR count). The summed E-state index contributed by atoms with van der Waals surface area (Å²) in [6.45, 7) is 0. The first-order valence-electron chi connectivity index (χ1n) is 4.93. The third-order valence-electron chi connectivity index (χ3n) is 2.44. The number of likely N-dealkylation sites (N-methyl/N-ethyl adjacent to an activating group) is 1. The monoisotopic (exact) mass is 309 g/mol. The van der Waals surface area contributed by atoms with Crippen molar-refractivity contribution in [1.82, 2.24) is 5.32 Å². The molecule has 0 aliphatic heterocycles. The highest BCUT2D eigenvalue weighted by molar-refractivity contribution is 9.10. The Labute approximate surface area is 107 Å². The summed E-state index contributed by atoms with van der Waals surface area (Å²) in [5.74, 6) is -1.31. The molecule has 1 N–H and O–H groups in total. The second-order valence-electron chi connectivity index (χ2n) is 3.36. The number of halogens is 3. The zero-order chi connectivity index (χ0) is 13.0. The highest BCUT2D eigenvalue weighted by Gasteiger charge is 2.28. The fourth-order valence-corrected chi connectivity index (χ4v) is 1.96. The van der Waals surface area contributed by atoms with Crippen LogP contribution in [0.2, 0.25) is 0 Å². The maximum Gasteiger partial charge on any atom is 0.176 e. The summed E-state index contributed by atoms with van der Waals surface area (Å²) in [6, 6.07) is 1.77. The van der Waals surface area contributed by atoms with Crippen molar-refractivity contribution in [3.63, 3.8) is 0 Å². The fourth-order valence-electron chi connectivity index (χ4n) is 1.61. The first-order valence-corrected chi connectivity index (χ1v) is 5.72. The lowest BCUT2D eigenvalue weighted by Gasteiger charge is -2.25. The van der Waals surface area contributed by atoms with Gasteiger partial charge in [-0.15, -0.1) is 0 Å². The zero-order valence-electron chi connectivity index (χ0n) is 9.76. The normalized spacial score (nSPS) is 13.1. The Morgan fingerprint density at radius 2 is 1.82 bits per heavy atom. The van der Waals surface area contributed by atoms with Crippen molar-refractivity contribution >= 4 is 15.9 Å². The Hall–Kier alpha value is -0.560. The summed E-state index contributed by atoms with van der Waals surface area (Å²) in [6.07, 6.45) is -0.779. The fraction of sp³-hybridized carbons (Fsp3) is 0.455. The van der Waals surface area contributed by atoms with Crippen LogP contribution in [-0.4, -0.2) is 27.6 Å². The van der Waals surface area contributed by atoms with Gasteiger partial charge in [0.2, 0.25) is 0 Å². The van der Waals surface area contributed by atoms with Crippen LogP contribution in [0.15, 0.2) is 16.6 Å². The largest absolute Gasteiger partial charge is 0.354 e. The predicted molar refractivity (Wildman–Crippen MR) is 63.7 cm³/mol. The van der Waals surface area contributed by atoms with Gasteiger partial charge in [-0.1, -0.05) is 0 Å². The molecular formula is C11H14BrF2NO2. The minimum Gasteiger partial charge on any atom is -0.354 e. The van der Waals surface area contributed by atoms with Crippen LogP contribution in [0, 0.1) is 11.6 Å². The van der Waals surface area contributed by atoms with Crippen LogP contribution in [0.5, 0.6) is 0 Å². The smallest absolute Gasteiger partial charge is 0.176 e. The van der Waals surface area contributed by atoms with Gasteiger partial charge in [0, 0.05) is 19.8 Å². The van der Waals surface area contributed by atoms with Crippen molar-refractivity contribution in [2.75, 3.05) is 21.3 Å². The summed E-state index contributed by atoms with van der Waals surface area (Å²) in [7, 11) is 4.40. The van der Waals surface area contributed by atoms with Crippen molar-refractivity contribution in [3.8, 4) is 0 Å². The quantitative estimate of drug-likeness (QED) is 0.670. The highest BCUT2D eigenvalue weighted by Crippen LogP contribution is 2.29. The summed E-state index contributed by atoms with van der Waals surface area (Å²) in [5, 5.41) is 2.78. The van der Waals surface area contributed by atoms with Gasteiger partial charge in [-0.25, -0.2) is 8.78 Å². The van der Waals surface area contributed by atoms with Gasteiger partial charge < -0.3 is 14.8 Å². The number of hydrogen-bond acceptors (Lipinski definition) is 3. The van der Waals surface area contributed by atoms with Crippen molar-refractivity contribution in [2.45, 2.75) is 12.3 Å². The Bertz CT molecular complexity index is 386. The van der Waals surface area contributed by atoms with E-state index in [0.29, 0.717) is 0 Å². The van der Waals surface area contributed by atoms with E-state index in [2.05, 4.69) is 21.2 Å². The minimum absolute atomic E-state index is 0.115. The second-order valence-corrected chi connectivity index (χ2v) is 4.22. The maximum absolute atomic E-state index is 13.9. The van der Waals surface area contributed by atoms with E-state index in [0.717, 1.165) is 0 Å². The molecule has 0 amide bonds. The average Bonchev–Trinajstić information content (AvgIpc) is 2.33. The number of nitrogens with one attached hydrogen (secondary N) is 1. The van der Waals surface area contributed by atoms with Crippen LogP contribution in [0.4, 0.5) is 8.78 Å². The molecule has 0 saturated heterocycles. The third-order valence-corrected chi connectivity index (χ3v) is 3.05. The number of ether oxygens (including phenoxy) is 2. The summed E-state index contributed by atoms with van der Waals surface area (Å²) < 4.78 is 37.8. The summed E-state index contributed by atoms with van der Waals surface area (Å²) in [4.78, 5) is 0. The molecule has 3 nitrogen and oxygen atoms in total. The topological polar surface area (TPSA) is 30.5 Å². The molecule has 1 atom stereocenters. The van der Waals surface area contributed by atoms with Crippen LogP contribution in [-0.2, 0) is 9.47 Å². The van der Waals surface area contributed by atoms with Crippen molar-refractivity contribution in [1.29, 1.82) is 0 Å². The van der Waals surface area contributed by atoms with Crippen LogP contribution in [0.3, 0.4) is 0 Å². The van der Waals surface area contributed by atoms with Crippen molar-refractivity contribution < 1.29 is 18.3 Å². The first-order chi connectivity index (χ1) is 8.06. The number of hydrogen-bond donors (Lipinski definition) is 1. The standard InChI is InChI=1S/C11H14BrF2NO2/c1-15-10(11(16-2)17-3)8-7(13)5-4-6(12)9(8)14/h4-5,10-11,15H,1-3H3. The molecular weight excluding hydrogens is 296 g/mol. The van der Waals surface area contributed by atoms with E-state index < -0.39 is 24.0 Å². The van der Waals surface area contributed by atoms with Gasteiger partial charge in [-0.05, 0) is 35.1 Å². The molecule has 0 bridgehead atoms. The van der Waals surface area contributed by atoms with Gasteiger partial charge in [-0.3, -0.25) is 0 Å². The molecule has 0 aliphatic carbocycles. The molecule has 0 heterocycles. The van der Waals surface area contributed by atoms with Crippen molar-refractivity contribution in [3.05, 3.63) is 33.8 Å². The number of benzene rings is 1. The van der Waals surface area contributed by atoms with Crippen LogP contribution in [0.1, 0.15) is 11.6 Å². The lowest BCUT2D eigenvalue weighted by molar-refractivity contribution is -0.124. The lowest BCUT2D eigenvalue weighted by Crippen LogP contribution is -2.33. The molecule has 0 fully saturated rings. The van der Waals surface area contributed by atoms with Gasteiger partial charge in [-0.2, -0.15) is 0 Å². The average molecular weight is 310 g/mol. The summed E-state index contributed by atoms with van der Waals surface area (Å²) in [5.41, 5.74) is -0.115.